The molecule has 0 saturated carbocycles. The van der Waals surface area contributed by atoms with Crippen molar-refractivity contribution in [2.75, 3.05) is 13.6 Å². The van der Waals surface area contributed by atoms with Crippen molar-refractivity contribution in [3.05, 3.63) is 11.7 Å². The van der Waals surface area contributed by atoms with Gasteiger partial charge in [0, 0.05) is 26.1 Å². The molecular formula is C11H22IN5O. The molecule has 1 unspecified atom stereocenters. The lowest BCUT2D eigenvalue weighted by atomic mass is 10.3. The lowest BCUT2D eigenvalue weighted by molar-refractivity contribution is 0.374. The lowest BCUT2D eigenvalue weighted by Crippen LogP contribution is -2.42. The van der Waals surface area contributed by atoms with Crippen LogP contribution in [0.1, 0.15) is 32.0 Å². The molecule has 0 fully saturated rings. The number of hydrogen-bond donors (Lipinski definition) is 2. The Balaban J connectivity index is 0.00000289. The van der Waals surface area contributed by atoms with Crippen molar-refractivity contribution < 1.29 is 4.52 Å². The van der Waals surface area contributed by atoms with Crippen molar-refractivity contribution >= 4 is 29.9 Å². The molecule has 0 saturated heterocycles. The van der Waals surface area contributed by atoms with Crippen LogP contribution >= 0.6 is 24.0 Å². The second-order valence-electron chi connectivity index (χ2n) is 3.94. The predicted octanol–water partition coefficient (Wildman–Crippen LogP) is 1.50. The largest absolute Gasteiger partial charge is 0.356 e. The quantitative estimate of drug-likeness (QED) is 0.469. The zero-order valence-electron chi connectivity index (χ0n) is 11.4. The predicted molar refractivity (Wildman–Crippen MR) is 82.4 cm³/mol. The van der Waals surface area contributed by atoms with E-state index in [0.29, 0.717) is 24.2 Å². The van der Waals surface area contributed by atoms with Gasteiger partial charge in [0.25, 0.3) is 0 Å². The number of hydrogen-bond acceptors (Lipinski definition) is 4. The van der Waals surface area contributed by atoms with Gasteiger partial charge in [0.05, 0.1) is 0 Å². The topological polar surface area (TPSA) is 75.3 Å². The highest BCUT2D eigenvalue weighted by molar-refractivity contribution is 14.0. The van der Waals surface area contributed by atoms with Gasteiger partial charge in [-0.25, -0.2) is 0 Å². The number of aryl methyl sites for hydroxylation is 1. The monoisotopic (exact) mass is 367 g/mol. The summed E-state index contributed by atoms with van der Waals surface area (Å²) >= 11 is 0. The van der Waals surface area contributed by atoms with Crippen molar-refractivity contribution in [3.63, 3.8) is 0 Å². The maximum atomic E-state index is 5.02. The van der Waals surface area contributed by atoms with E-state index < -0.39 is 0 Å². The van der Waals surface area contributed by atoms with E-state index >= 15 is 0 Å². The Bertz CT molecular complexity index is 366. The number of nitrogens with zero attached hydrogens (tertiary/aromatic N) is 3. The molecule has 1 rings (SSSR count). The first-order valence-corrected chi connectivity index (χ1v) is 5.92. The van der Waals surface area contributed by atoms with E-state index in [2.05, 4.69) is 39.6 Å². The van der Waals surface area contributed by atoms with Gasteiger partial charge in [-0.05, 0) is 20.3 Å². The molecule has 1 aromatic heterocycles. The van der Waals surface area contributed by atoms with Crippen molar-refractivity contribution in [1.29, 1.82) is 0 Å². The van der Waals surface area contributed by atoms with E-state index in [1.165, 1.54) is 0 Å². The van der Waals surface area contributed by atoms with Gasteiger partial charge in [-0.15, -0.1) is 24.0 Å². The molecule has 0 aliphatic rings. The van der Waals surface area contributed by atoms with E-state index in [0.717, 1.165) is 18.9 Å². The molecule has 104 valence electrons. The molecular weight excluding hydrogens is 345 g/mol. The minimum absolute atomic E-state index is 0. The second-order valence-corrected chi connectivity index (χ2v) is 3.94. The maximum absolute atomic E-state index is 5.02. The zero-order valence-corrected chi connectivity index (χ0v) is 13.7. The average molecular weight is 367 g/mol. The number of aliphatic imine (C=N–C) groups is 1. The lowest BCUT2D eigenvalue weighted by Gasteiger charge is -2.15. The van der Waals surface area contributed by atoms with E-state index in [4.69, 9.17) is 4.52 Å². The van der Waals surface area contributed by atoms with Crippen LogP contribution in [0.3, 0.4) is 0 Å². The summed E-state index contributed by atoms with van der Waals surface area (Å²) in [6.45, 7) is 6.78. The summed E-state index contributed by atoms with van der Waals surface area (Å²) in [5, 5.41) is 10.2. The van der Waals surface area contributed by atoms with Crippen LogP contribution in [0.15, 0.2) is 9.52 Å². The molecule has 7 heteroatoms. The van der Waals surface area contributed by atoms with Crippen molar-refractivity contribution in [3.8, 4) is 0 Å². The molecule has 0 amide bonds. The molecule has 0 aliphatic carbocycles. The smallest absolute Gasteiger partial charge is 0.228 e. The van der Waals surface area contributed by atoms with Crippen LogP contribution in [-0.2, 0) is 6.42 Å². The van der Waals surface area contributed by atoms with Gasteiger partial charge < -0.3 is 15.2 Å². The minimum atomic E-state index is 0. The minimum Gasteiger partial charge on any atom is -0.356 e. The van der Waals surface area contributed by atoms with Gasteiger partial charge in [0.1, 0.15) is 0 Å². The molecule has 1 atom stereocenters. The maximum Gasteiger partial charge on any atom is 0.228 e. The van der Waals surface area contributed by atoms with Gasteiger partial charge in [-0.2, -0.15) is 4.98 Å². The fraction of sp³-hybridized carbons (Fsp3) is 0.727. The number of nitrogens with one attached hydrogen (secondary N) is 2. The van der Waals surface area contributed by atoms with Crippen LogP contribution < -0.4 is 10.6 Å². The fourth-order valence-electron chi connectivity index (χ4n) is 1.26. The molecule has 0 spiro atoms. The van der Waals surface area contributed by atoms with E-state index in [9.17, 15) is 0 Å². The molecule has 1 aromatic rings. The van der Waals surface area contributed by atoms with Crippen LogP contribution in [0.2, 0.25) is 0 Å². The third-order valence-corrected chi connectivity index (χ3v) is 2.42. The Kier molecular flexibility index (Phi) is 8.69. The van der Waals surface area contributed by atoms with Gasteiger partial charge in [-0.1, -0.05) is 12.1 Å². The SMILES string of the molecule is CCC(C)NC(=NC)NCCc1nc(C)no1.I. The number of guanidine groups is 1. The number of halogens is 1. The Morgan fingerprint density at radius 2 is 2.22 bits per heavy atom. The summed E-state index contributed by atoms with van der Waals surface area (Å²) in [7, 11) is 1.76. The van der Waals surface area contributed by atoms with Gasteiger partial charge in [0.15, 0.2) is 11.8 Å². The molecule has 1 heterocycles. The zero-order chi connectivity index (χ0) is 12.7. The number of rotatable bonds is 5. The Morgan fingerprint density at radius 1 is 1.50 bits per heavy atom. The van der Waals surface area contributed by atoms with Crippen molar-refractivity contribution in [2.45, 2.75) is 39.7 Å². The first kappa shape index (κ1) is 17.1. The van der Waals surface area contributed by atoms with Gasteiger partial charge >= 0.3 is 0 Å². The molecule has 2 N–H and O–H groups in total. The summed E-state index contributed by atoms with van der Waals surface area (Å²) in [5.74, 6) is 2.12. The highest BCUT2D eigenvalue weighted by Crippen LogP contribution is 1.95. The average Bonchev–Trinajstić information content (AvgIpc) is 2.73. The van der Waals surface area contributed by atoms with Crippen LogP contribution in [0, 0.1) is 6.92 Å². The second kappa shape index (κ2) is 9.12. The first-order valence-electron chi connectivity index (χ1n) is 5.92. The normalized spacial score (nSPS) is 12.8. The summed E-state index contributed by atoms with van der Waals surface area (Å²) in [6.07, 6.45) is 1.76. The molecule has 0 aromatic carbocycles. The molecule has 0 bridgehead atoms. The summed E-state index contributed by atoms with van der Waals surface area (Å²) in [5.41, 5.74) is 0. The summed E-state index contributed by atoms with van der Waals surface area (Å²) in [4.78, 5) is 8.27. The standard InChI is InChI=1S/C11H21N5O.HI/c1-5-8(2)14-11(12-4)13-7-6-10-15-9(3)16-17-10;/h8H,5-7H2,1-4H3,(H2,12,13,14);1H. The Labute approximate surface area is 125 Å². The molecule has 18 heavy (non-hydrogen) atoms. The summed E-state index contributed by atoms with van der Waals surface area (Å²) in [6, 6.07) is 0.409. The molecule has 6 nitrogen and oxygen atoms in total. The Hall–Kier alpha value is -0.860. The summed E-state index contributed by atoms with van der Waals surface area (Å²) < 4.78 is 5.02. The van der Waals surface area contributed by atoms with Crippen LogP contribution in [0.4, 0.5) is 0 Å². The molecule has 0 radical (unpaired) electrons. The van der Waals surface area contributed by atoms with Crippen molar-refractivity contribution in [1.82, 2.24) is 20.8 Å². The third kappa shape index (κ3) is 6.18. The van der Waals surface area contributed by atoms with Gasteiger partial charge in [-0.3, -0.25) is 4.99 Å². The van der Waals surface area contributed by atoms with Crippen LogP contribution in [0.25, 0.3) is 0 Å². The highest BCUT2D eigenvalue weighted by atomic mass is 127. The highest BCUT2D eigenvalue weighted by Gasteiger charge is 2.04. The van der Waals surface area contributed by atoms with E-state index in [-0.39, 0.29) is 24.0 Å². The fourth-order valence-corrected chi connectivity index (χ4v) is 1.26. The number of aromatic nitrogens is 2. The van der Waals surface area contributed by atoms with Gasteiger partial charge in [0.2, 0.25) is 5.89 Å². The molecule has 0 aliphatic heterocycles. The first-order chi connectivity index (χ1) is 8.15. The van der Waals surface area contributed by atoms with E-state index in [1.54, 1.807) is 7.05 Å². The third-order valence-electron chi connectivity index (χ3n) is 2.42. The van der Waals surface area contributed by atoms with Crippen LogP contribution in [0.5, 0.6) is 0 Å². The van der Waals surface area contributed by atoms with Crippen molar-refractivity contribution in [2.24, 2.45) is 4.99 Å². The van der Waals surface area contributed by atoms with Crippen LogP contribution in [-0.4, -0.2) is 35.7 Å². The van der Waals surface area contributed by atoms with E-state index in [1.807, 2.05) is 6.92 Å². The Morgan fingerprint density at radius 3 is 2.72 bits per heavy atom.